The van der Waals surface area contributed by atoms with Crippen molar-refractivity contribution in [3.8, 4) is 0 Å². The minimum Gasteiger partial charge on any atom is -0.462 e. The number of carbonyl (C=O) groups is 2. The van der Waals surface area contributed by atoms with Gasteiger partial charge in [0.15, 0.2) is 0 Å². The van der Waals surface area contributed by atoms with E-state index < -0.39 is 0 Å². The predicted molar refractivity (Wildman–Crippen MR) is 89.5 cm³/mol. The molecule has 3 rings (SSSR count). The Bertz CT molecular complexity index is 466. The van der Waals surface area contributed by atoms with Crippen LogP contribution in [0.5, 0.6) is 0 Å². The third kappa shape index (κ3) is 3.91. The Kier molecular flexibility index (Phi) is 5.76. The van der Waals surface area contributed by atoms with E-state index in [1.165, 1.54) is 12.8 Å². The first-order valence-corrected chi connectivity index (χ1v) is 9.42. The highest BCUT2D eigenvalue weighted by molar-refractivity contribution is 5.81. The van der Waals surface area contributed by atoms with Gasteiger partial charge in [-0.3, -0.25) is 14.5 Å². The van der Waals surface area contributed by atoms with E-state index >= 15 is 0 Å². The van der Waals surface area contributed by atoms with Gasteiger partial charge in [0.2, 0.25) is 5.91 Å². The van der Waals surface area contributed by atoms with Gasteiger partial charge >= 0.3 is 5.97 Å². The van der Waals surface area contributed by atoms with E-state index in [1.807, 2.05) is 23.6 Å². The average Bonchev–Trinajstić information content (AvgIpc) is 3.02. The number of hydrogen-bond acceptors (Lipinski definition) is 5. The van der Waals surface area contributed by atoms with Gasteiger partial charge in [-0.25, -0.2) is 0 Å². The maximum absolute atomic E-state index is 12.9. The van der Waals surface area contributed by atoms with Crippen LogP contribution in [0, 0.1) is 0 Å². The molecule has 1 amide bonds. The topological polar surface area (TPSA) is 59.1 Å². The number of ether oxygens (including phenoxy) is 2. The number of morpholine rings is 1. The van der Waals surface area contributed by atoms with Crippen molar-refractivity contribution in [3.63, 3.8) is 0 Å². The predicted octanol–water partition coefficient (Wildman–Crippen LogP) is 1.57. The molecular weight excluding hydrogens is 308 g/mol. The van der Waals surface area contributed by atoms with E-state index in [0.29, 0.717) is 19.7 Å². The summed E-state index contributed by atoms with van der Waals surface area (Å²) in [5.41, 5.74) is 0. The summed E-state index contributed by atoms with van der Waals surface area (Å²) in [4.78, 5) is 29.1. The highest BCUT2D eigenvalue weighted by atomic mass is 16.5. The normalized spacial score (nSPS) is 31.1. The maximum atomic E-state index is 12.9. The molecule has 136 valence electrons. The Morgan fingerprint density at radius 2 is 1.92 bits per heavy atom. The van der Waals surface area contributed by atoms with Crippen molar-refractivity contribution in [3.05, 3.63) is 0 Å². The number of esters is 1. The van der Waals surface area contributed by atoms with Gasteiger partial charge in [-0.1, -0.05) is 12.8 Å². The van der Waals surface area contributed by atoms with Crippen LogP contribution in [0.15, 0.2) is 0 Å². The van der Waals surface area contributed by atoms with Crippen molar-refractivity contribution in [2.45, 2.75) is 76.7 Å². The van der Waals surface area contributed by atoms with E-state index in [9.17, 15) is 9.59 Å². The molecule has 2 heterocycles. The second-order valence-corrected chi connectivity index (χ2v) is 7.46. The Balaban J connectivity index is 1.59. The maximum Gasteiger partial charge on any atom is 0.323 e. The first kappa shape index (κ1) is 17.7. The zero-order chi connectivity index (χ0) is 17.1. The Hall–Kier alpha value is -1.14. The van der Waals surface area contributed by atoms with Crippen LogP contribution in [-0.2, 0) is 19.1 Å². The number of fused-ring (bicyclic) bond motifs is 1. The van der Waals surface area contributed by atoms with Crippen LogP contribution in [0.2, 0.25) is 0 Å². The molecule has 3 fully saturated rings. The smallest absolute Gasteiger partial charge is 0.323 e. The fraction of sp³-hybridized carbons (Fsp3) is 0.889. The monoisotopic (exact) mass is 338 g/mol. The molecule has 0 N–H and O–H groups in total. The summed E-state index contributed by atoms with van der Waals surface area (Å²) in [6.07, 6.45) is 6.28. The van der Waals surface area contributed by atoms with Gasteiger partial charge in [0.25, 0.3) is 0 Å². The summed E-state index contributed by atoms with van der Waals surface area (Å²) in [5.74, 6) is -0.0488. The highest BCUT2D eigenvalue weighted by Gasteiger charge is 2.39. The summed E-state index contributed by atoms with van der Waals surface area (Å²) in [6, 6.07) is -0.0387. The van der Waals surface area contributed by atoms with Crippen LogP contribution in [-0.4, -0.2) is 72.2 Å². The van der Waals surface area contributed by atoms with E-state index in [4.69, 9.17) is 9.47 Å². The summed E-state index contributed by atoms with van der Waals surface area (Å²) in [5, 5.41) is 0. The van der Waals surface area contributed by atoms with Crippen LogP contribution in [0.4, 0.5) is 0 Å². The molecule has 0 radical (unpaired) electrons. The van der Waals surface area contributed by atoms with Crippen molar-refractivity contribution < 1.29 is 19.1 Å². The van der Waals surface area contributed by atoms with Gasteiger partial charge in [0.05, 0.1) is 31.4 Å². The summed E-state index contributed by atoms with van der Waals surface area (Å²) in [6.45, 7) is 6.14. The molecule has 0 bridgehead atoms. The Labute approximate surface area is 144 Å². The summed E-state index contributed by atoms with van der Waals surface area (Å²) >= 11 is 0. The van der Waals surface area contributed by atoms with Crippen molar-refractivity contribution >= 4 is 11.9 Å². The second-order valence-electron chi connectivity index (χ2n) is 7.46. The van der Waals surface area contributed by atoms with E-state index in [2.05, 4.69) is 0 Å². The number of rotatable bonds is 4. The number of amides is 1. The molecule has 24 heavy (non-hydrogen) atoms. The van der Waals surface area contributed by atoms with Crippen LogP contribution in [0.3, 0.4) is 0 Å². The van der Waals surface area contributed by atoms with E-state index in [1.54, 1.807) is 0 Å². The quantitative estimate of drug-likeness (QED) is 0.728. The molecule has 2 aliphatic heterocycles. The van der Waals surface area contributed by atoms with Crippen molar-refractivity contribution in [2.24, 2.45) is 0 Å². The molecule has 0 aromatic rings. The summed E-state index contributed by atoms with van der Waals surface area (Å²) < 4.78 is 11.2. The number of hydrogen-bond donors (Lipinski definition) is 0. The lowest BCUT2D eigenvalue weighted by Crippen LogP contribution is -2.57. The minimum atomic E-state index is -0.264. The lowest BCUT2D eigenvalue weighted by Gasteiger charge is -2.44. The van der Waals surface area contributed by atoms with Gasteiger partial charge in [0.1, 0.15) is 6.04 Å². The third-order valence-electron chi connectivity index (χ3n) is 5.38. The largest absolute Gasteiger partial charge is 0.462 e. The molecule has 0 aromatic heterocycles. The lowest BCUT2D eigenvalue weighted by atomic mass is 9.90. The molecule has 1 aliphatic carbocycles. The van der Waals surface area contributed by atoms with Crippen molar-refractivity contribution in [1.29, 1.82) is 0 Å². The van der Waals surface area contributed by atoms with Gasteiger partial charge < -0.3 is 14.4 Å². The number of carbonyl (C=O) groups excluding carboxylic acids is 2. The SMILES string of the molecule is CC(C)OC(=O)[C@@H]1CCCN1CC(=O)N1CCO[C@H]2CCCC[C@@H]21. The van der Waals surface area contributed by atoms with Gasteiger partial charge in [-0.2, -0.15) is 0 Å². The standard InChI is InChI=1S/C18H30N2O4/c1-13(2)24-18(22)15-7-5-9-19(15)12-17(21)20-10-11-23-16-8-4-3-6-14(16)20/h13-16H,3-12H2,1-2H3/t14-,15-,16-/m0/s1. The lowest BCUT2D eigenvalue weighted by molar-refractivity contribution is -0.156. The third-order valence-corrected chi connectivity index (χ3v) is 5.38. The number of nitrogens with zero attached hydrogens (tertiary/aromatic N) is 2. The first-order valence-electron chi connectivity index (χ1n) is 9.42. The van der Waals surface area contributed by atoms with Gasteiger partial charge in [-0.05, 0) is 46.1 Å². The number of likely N-dealkylation sites (tertiary alicyclic amines) is 1. The molecule has 0 spiro atoms. The minimum absolute atomic E-state index is 0.113. The van der Waals surface area contributed by atoms with Gasteiger partial charge in [0, 0.05) is 6.54 Å². The summed E-state index contributed by atoms with van der Waals surface area (Å²) in [7, 11) is 0. The molecule has 1 saturated carbocycles. The second kappa shape index (κ2) is 7.83. The van der Waals surface area contributed by atoms with E-state index in [0.717, 1.165) is 32.2 Å². The zero-order valence-electron chi connectivity index (χ0n) is 14.9. The molecule has 0 unspecified atom stereocenters. The molecule has 2 saturated heterocycles. The van der Waals surface area contributed by atoms with Crippen molar-refractivity contribution in [1.82, 2.24) is 9.80 Å². The van der Waals surface area contributed by atoms with Crippen LogP contribution in [0.25, 0.3) is 0 Å². The van der Waals surface area contributed by atoms with Crippen LogP contribution in [0.1, 0.15) is 52.4 Å². The fourth-order valence-corrected chi connectivity index (χ4v) is 4.26. The van der Waals surface area contributed by atoms with Gasteiger partial charge in [-0.15, -0.1) is 0 Å². The first-order chi connectivity index (χ1) is 11.6. The highest BCUT2D eigenvalue weighted by Crippen LogP contribution is 2.29. The molecule has 6 nitrogen and oxygen atoms in total. The molecule has 6 heteroatoms. The van der Waals surface area contributed by atoms with E-state index in [-0.39, 0.29) is 36.2 Å². The molecular formula is C18H30N2O4. The average molecular weight is 338 g/mol. The van der Waals surface area contributed by atoms with Crippen molar-refractivity contribution in [2.75, 3.05) is 26.2 Å². The molecule has 0 aromatic carbocycles. The fourth-order valence-electron chi connectivity index (χ4n) is 4.26. The zero-order valence-corrected chi connectivity index (χ0v) is 14.9. The Morgan fingerprint density at radius 1 is 1.12 bits per heavy atom. The molecule has 3 atom stereocenters. The molecule has 3 aliphatic rings. The van der Waals surface area contributed by atoms with Crippen LogP contribution < -0.4 is 0 Å². The van der Waals surface area contributed by atoms with Crippen LogP contribution >= 0.6 is 0 Å². The Morgan fingerprint density at radius 3 is 2.71 bits per heavy atom.